The van der Waals surface area contributed by atoms with Crippen molar-refractivity contribution < 1.29 is 4.79 Å². The molecule has 0 unspecified atom stereocenters. The molecule has 2 nitrogen and oxygen atoms in total. The molecule has 0 aliphatic carbocycles. The molecule has 2 aromatic rings. The van der Waals surface area contributed by atoms with Gasteiger partial charge in [-0.15, -0.1) is 11.8 Å². The molecule has 21 heavy (non-hydrogen) atoms. The molecular formula is C18H21NOS. The third-order valence-corrected chi connectivity index (χ3v) is 4.40. The van der Waals surface area contributed by atoms with E-state index >= 15 is 0 Å². The van der Waals surface area contributed by atoms with Crippen molar-refractivity contribution in [1.82, 2.24) is 5.32 Å². The molecule has 0 heterocycles. The molecule has 0 spiro atoms. The van der Waals surface area contributed by atoms with Crippen LogP contribution in [0.3, 0.4) is 0 Å². The van der Waals surface area contributed by atoms with Gasteiger partial charge in [-0.25, -0.2) is 0 Å². The summed E-state index contributed by atoms with van der Waals surface area (Å²) in [4.78, 5) is 13.0. The van der Waals surface area contributed by atoms with Crippen LogP contribution in [0.4, 0.5) is 0 Å². The minimum atomic E-state index is 0.107. The summed E-state index contributed by atoms with van der Waals surface area (Å²) in [6.07, 6.45) is 0.546. The van der Waals surface area contributed by atoms with E-state index in [2.05, 4.69) is 37.4 Å². The van der Waals surface area contributed by atoms with E-state index < -0.39 is 0 Å². The Morgan fingerprint density at radius 2 is 1.81 bits per heavy atom. The van der Waals surface area contributed by atoms with E-state index in [1.165, 1.54) is 16.0 Å². The van der Waals surface area contributed by atoms with Crippen LogP contribution >= 0.6 is 11.8 Å². The summed E-state index contributed by atoms with van der Waals surface area (Å²) in [6.45, 7) is 4.83. The van der Waals surface area contributed by atoms with Gasteiger partial charge < -0.3 is 5.32 Å². The monoisotopic (exact) mass is 299 g/mol. The van der Waals surface area contributed by atoms with Crippen molar-refractivity contribution in [2.75, 3.05) is 5.75 Å². The summed E-state index contributed by atoms with van der Waals surface area (Å²) in [7, 11) is 0. The predicted octanol–water partition coefficient (Wildman–Crippen LogP) is 4.10. The van der Waals surface area contributed by atoms with Crippen LogP contribution in [0.15, 0.2) is 53.4 Å². The molecular weight excluding hydrogens is 278 g/mol. The van der Waals surface area contributed by atoms with E-state index in [1.54, 1.807) is 11.8 Å². The molecule has 1 N–H and O–H groups in total. The van der Waals surface area contributed by atoms with E-state index in [0.29, 0.717) is 13.0 Å². The lowest BCUT2D eigenvalue weighted by atomic mass is 10.1. The van der Waals surface area contributed by atoms with Crippen molar-refractivity contribution in [2.24, 2.45) is 0 Å². The van der Waals surface area contributed by atoms with Crippen molar-refractivity contribution in [2.45, 2.75) is 31.7 Å². The van der Waals surface area contributed by atoms with Crippen molar-refractivity contribution in [3.63, 3.8) is 0 Å². The normalized spacial score (nSPS) is 10.4. The van der Waals surface area contributed by atoms with E-state index in [4.69, 9.17) is 0 Å². The van der Waals surface area contributed by atoms with Crippen LogP contribution in [0, 0.1) is 13.8 Å². The number of rotatable bonds is 6. The van der Waals surface area contributed by atoms with Crippen LogP contribution in [0.25, 0.3) is 0 Å². The summed E-state index contributed by atoms with van der Waals surface area (Å²) in [5.41, 5.74) is 3.74. The Morgan fingerprint density at radius 3 is 2.52 bits per heavy atom. The highest BCUT2D eigenvalue weighted by molar-refractivity contribution is 7.99. The molecule has 110 valence electrons. The fraction of sp³-hybridized carbons (Fsp3) is 0.278. The molecule has 0 saturated heterocycles. The Kier molecular flexibility index (Phi) is 5.88. The van der Waals surface area contributed by atoms with Gasteiger partial charge in [-0.2, -0.15) is 0 Å². The maximum Gasteiger partial charge on any atom is 0.221 e. The molecule has 0 radical (unpaired) electrons. The number of thioether (sulfide) groups is 1. The van der Waals surface area contributed by atoms with Gasteiger partial charge in [0.15, 0.2) is 0 Å². The standard InChI is InChI=1S/C18H21NOS/c1-14-8-9-17(12-15(14)2)21-11-10-18(20)19-13-16-6-4-3-5-7-16/h3-9,12H,10-11,13H2,1-2H3,(H,19,20). The molecule has 0 aromatic heterocycles. The van der Waals surface area contributed by atoms with E-state index in [9.17, 15) is 4.79 Å². The number of hydrogen-bond acceptors (Lipinski definition) is 2. The van der Waals surface area contributed by atoms with E-state index in [0.717, 1.165) is 11.3 Å². The number of hydrogen-bond donors (Lipinski definition) is 1. The van der Waals surface area contributed by atoms with Crippen molar-refractivity contribution in [3.8, 4) is 0 Å². The predicted molar refractivity (Wildman–Crippen MR) is 89.5 cm³/mol. The zero-order chi connectivity index (χ0) is 15.1. The first kappa shape index (κ1) is 15.6. The number of nitrogens with one attached hydrogen (secondary N) is 1. The molecule has 0 saturated carbocycles. The Labute approximate surface area is 131 Å². The quantitative estimate of drug-likeness (QED) is 0.814. The molecule has 0 bridgehead atoms. The smallest absolute Gasteiger partial charge is 0.221 e. The van der Waals surface area contributed by atoms with Crippen LogP contribution in [0.2, 0.25) is 0 Å². The van der Waals surface area contributed by atoms with Gasteiger partial charge in [-0.05, 0) is 42.7 Å². The van der Waals surface area contributed by atoms with Gasteiger partial charge in [0.25, 0.3) is 0 Å². The first-order chi connectivity index (χ1) is 10.1. The fourth-order valence-corrected chi connectivity index (χ4v) is 2.90. The van der Waals surface area contributed by atoms with Gasteiger partial charge in [0.1, 0.15) is 0 Å². The lowest BCUT2D eigenvalue weighted by Crippen LogP contribution is -2.22. The summed E-state index contributed by atoms with van der Waals surface area (Å²) in [5.74, 6) is 0.915. The molecule has 3 heteroatoms. The van der Waals surface area contributed by atoms with Gasteiger partial charge in [-0.1, -0.05) is 36.4 Å². The number of carbonyl (C=O) groups is 1. The summed E-state index contributed by atoms with van der Waals surface area (Å²) < 4.78 is 0. The Bertz CT molecular complexity index is 595. The van der Waals surface area contributed by atoms with E-state index in [1.807, 2.05) is 30.3 Å². The van der Waals surface area contributed by atoms with Crippen LogP contribution in [-0.4, -0.2) is 11.7 Å². The van der Waals surface area contributed by atoms with Crippen molar-refractivity contribution in [1.29, 1.82) is 0 Å². The SMILES string of the molecule is Cc1ccc(SCCC(=O)NCc2ccccc2)cc1C. The van der Waals surface area contributed by atoms with Gasteiger partial charge in [0.05, 0.1) is 0 Å². The molecule has 0 aliphatic rings. The maximum atomic E-state index is 11.8. The second-order valence-electron chi connectivity index (χ2n) is 5.11. The average molecular weight is 299 g/mol. The molecule has 2 aromatic carbocycles. The van der Waals surface area contributed by atoms with Gasteiger partial charge in [0, 0.05) is 23.6 Å². The molecule has 1 amide bonds. The lowest BCUT2D eigenvalue weighted by molar-refractivity contribution is -0.120. The third-order valence-electron chi connectivity index (χ3n) is 3.41. The molecule has 0 atom stereocenters. The summed E-state index contributed by atoms with van der Waals surface area (Å²) in [6, 6.07) is 16.4. The zero-order valence-corrected chi connectivity index (χ0v) is 13.4. The topological polar surface area (TPSA) is 29.1 Å². The second-order valence-corrected chi connectivity index (χ2v) is 6.28. The highest BCUT2D eigenvalue weighted by atomic mass is 32.2. The number of benzene rings is 2. The van der Waals surface area contributed by atoms with Crippen LogP contribution in [0.5, 0.6) is 0 Å². The van der Waals surface area contributed by atoms with Crippen LogP contribution < -0.4 is 5.32 Å². The van der Waals surface area contributed by atoms with Crippen molar-refractivity contribution in [3.05, 3.63) is 65.2 Å². The highest BCUT2D eigenvalue weighted by Crippen LogP contribution is 2.21. The number of carbonyl (C=O) groups excluding carboxylic acids is 1. The Morgan fingerprint density at radius 1 is 1.05 bits per heavy atom. The first-order valence-electron chi connectivity index (χ1n) is 7.16. The van der Waals surface area contributed by atoms with Gasteiger partial charge in [-0.3, -0.25) is 4.79 Å². The van der Waals surface area contributed by atoms with Gasteiger partial charge >= 0.3 is 0 Å². The summed E-state index contributed by atoms with van der Waals surface area (Å²) >= 11 is 1.73. The average Bonchev–Trinajstić information content (AvgIpc) is 2.50. The minimum absolute atomic E-state index is 0.107. The van der Waals surface area contributed by atoms with E-state index in [-0.39, 0.29) is 5.91 Å². The first-order valence-corrected chi connectivity index (χ1v) is 8.14. The lowest BCUT2D eigenvalue weighted by Gasteiger charge is -2.06. The number of aryl methyl sites for hydroxylation is 2. The van der Waals surface area contributed by atoms with Crippen molar-refractivity contribution >= 4 is 17.7 Å². The Hall–Kier alpha value is -1.74. The molecule has 0 aliphatic heterocycles. The summed E-state index contributed by atoms with van der Waals surface area (Å²) in [5, 5.41) is 2.95. The maximum absolute atomic E-state index is 11.8. The molecule has 0 fully saturated rings. The molecule has 2 rings (SSSR count). The number of amides is 1. The van der Waals surface area contributed by atoms with Gasteiger partial charge in [0.2, 0.25) is 5.91 Å². The third kappa shape index (κ3) is 5.27. The fourth-order valence-electron chi connectivity index (χ4n) is 1.95. The van der Waals surface area contributed by atoms with Crippen LogP contribution in [0.1, 0.15) is 23.1 Å². The Balaban J connectivity index is 1.70. The highest BCUT2D eigenvalue weighted by Gasteiger charge is 2.03. The largest absolute Gasteiger partial charge is 0.352 e. The van der Waals surface area contributed by atoms with Crippen LogP contribution in [-0.2, 0) is 11.3 Å². The minimum Gasteiger partial charge on any atom is -0.352 e. The zero-order valence-electron chi connectivity index (χ0n) is 12.6. The second kappa shape index (κ2) is 7.89.